The first-order valence-electron chi connectivity index (χ1n) is 9.80. The topological polar surface area (TPSA) is 55.6 Å². The maximum atomic E-state index is 14.0. The van der Waals surface area contributed by atoms with Crippen molar-refractivity contribution in [1.29, 1.82) is 0 Å². The number of hydrogen-bond donors (Lipinski definition) is 1. The van der Waals surface area contributed by atoms with Crippen LogP contribution in [0.3, 0.4) is 0 Å². The lowest BCUT2D eigenvalue weighted by Gasteiger charge is -2.31. The largest absolute Gasteiger partial charge is 0.416 e. The highest BCUT2D eigenvalue weighted by Gasteiger charge is 2.39. The summed E-state index contributed by atoms with van der Waals surface area (Å²) < 4.78 is 47.5. The molecule has 0 spiro atoms. The summed E-state index contributed by atoms with van der Waals surface area (Å²) in [6.45, 7) is 2.02. The van der Waals surface area contributed by atoms with E-state index in [9.17, 15) is 18.0 Å². The zero-order valence-electron chi connectivity index (χ0n) is 15.7. The molecule has 1 unspecified atom stereocenters. The molecule has 1 amide bonds. The van der Waals surface area contributed by atoms with E-state index in [1.54, 1.807) is 6.07 Å². The van der Waals surface area contributed by atoms with Crippen molar-refractivity contribution in [3.63, 3.8) is 0 Å². The van der Waals surface area contributed by atoms with E-state index >= 15 is 0 Å². The van der Waals surface area contributed by atoms with Crippen LogP contribution in [0.25, 0.3) is 0 Å². The maximum absolute atomic E-state index is 14.0. The predicted molar refractivity (Wildman–Crippen MR) is 105 cm³/mol. The molecule has 0 aromatic heterocycles. The SMILES string of the molecule is NC(=O)C(CC1CCCCC1)c1c(Br)cc(N2CCOCC2)cc1C(F)(F)F. The summed E-state index contributed by atoms with van der Waals surface area (Å²) in [5, 5.41) is 0. The third-order valence-corrected chi connectivity index (χ3v) is 6.44. The lowest BCUT2D eigenvalue weighted by atomic mass is 9.79. The van der Waals surface area contributed by atoms with Crippen LogP contribution in [0.15, 0.2) is 16.6 Å². The standard InChI is InChI=1S/C20H26BrF3N2O2/c21-17-12-14(26-6-8-28-9-7-26)11-16(20(22,23)24)18(17)15(19(25)27)10-13-4-2-1-3-5-13/h11-13,15H,1-10H2,(H2,25,27). The highest BCUT2D eigenvalue weighted by Crippen LogP contribution is 2.44. The number of halogens is 4. The highest BCUT2D eigenvalue weighted by atomic mass is 79.9. The fourth-order valence-electron chi connectivity index (χ4n) is 4.33. The maximum Gasteiger partial charge on any atom is 0.416 e. The van der Waals surface area contributed by atoms with E-state index in [0.717, 1.165) is 38.2 Å². The summed E-state index contributed by atoms with van der Waals surface area (Å²) in [6.07, 6.45) is 0.930. The van der Waals surface area contributed by atoms with Gasteiger partial charge in [0.2, 0.25) is 5.91 Å². The third kappa shape index (κ3) is 5.00. The zero-order valence-corrected chi connectivity index (χ0v) is 17.3. The van der Waals surface area contributed by atoms with Crippen LogP contribution in [-0.4, -0.2) is 32.2 Å². The zero-order chi connectivity index (χ0) is 20.3. The molecular weight excluding hydrogens is 437 g/mol. The molecule has 1 aliphatic heterocycles. The van der Waals surface area contributed by atoms with Crippen molar-refractivity contribution in [3.8, 4) is 0 Å². The van der Waals surface area contributed by atoms with Gasteiger partial charge in [0.1, 0.15) is 0 Å². The Bertz CT molecular complexity index is 699. The molecule has 1 heterocycles. The average molecular weight is 463 g/mol. The first kappa shape index (κ1) is 21.4. The van der Waals surface area contributed by atoms with E-state index in [4.69, 9.17) is 10.5 Å². The molecule has 3 rings (SSSR count). The summed E-state index contributed by atoms with van der Waals surface area (Å²) in [7, 11) is 0. The van der Waals surface area contributed by atoms with Gasteiger partial charge < -0.3 is 15.4 Å². The van der Waals surface area contributed by atoms with Gasteiger partial charge in [-0.15, -0.1) is 0 Å². The number of amides is 1. The minimum atomic E-state index is -4.57. The van der Waals surface area contributed by atoms with E-state index < -0.39 is 23.6 Å². The number of primary amides is 1. The van der Waals surface area contributed by atoms with Crippen LogP contribution < -0.4 is 10.6 Å². The van der Waals surface area contributed by atoms with Gasteiger partial charge in [-0.1, -0.05) is 48.0 Å². The van der Waals surface area contributed by atoms with E-state index in [2.05, 4.69) is 15.9 Å². The first-order valence-corrected chi connectivity index (χ1v) is 10.6. The van der Waals surface area contributed by atoms with Crippen LogP contribution in [0, 0.1) is 5.92 Å². The monoisotopic (exact) mass is 462 g/mol. The molecule has 4 nitrogen and oxygen atoms in total. The van der Waals surface area contributed by atoms with E-state index in [-0.39, 0.29) is 11.5 Å². The van der Waals surface area contributed by atoms with Gasteiger partial charge in [0.25, 0.3) is 0 Å². The summed E-state index contributed by atoms with van der Waals surface area (Å²) >= 11 is 3.33. The van der Waals surface area contributed by atoms with Crippen molar-refractivity contribution >= 4 is 27.5 Å². The van der Waals surface area contributed by atoms with Gasteiger partial charge in [0, 0.05) is 23.2 Å². The number of carbonyl (C=O) groups is 1. The number of morpholine rings is 1. The highest BCUT2D eigenvalue weighted by molar-refractivity contribution is 9.10. The van der Waals surface area contributed by atoms with Crippen LogP contribution in [0.2, 0.25) is 0 Å². The molecule has 1 saturated heterocycles. The second-order valence-electron chi connectivity index (χ2n) is 7.68. The minimum Gasteiger partial charge on any atom is -0.378 e. The van der Waals surface area contributed by atoms with E-state index in [1.807, 2.05) is 4.90 Å². The molecular formula is C20H26BrF3N2O2. The number of rotatable bonds is 5. The van der Waals surface area contributed by atoms with Gasteiger partial charge in [0.15, 0.2) is 0 Å². The van der Waals surface area contributed by atoms with Crippen molar-refractivity contribution in [2.75, 3.05) is 31.2 Å². The summed E-state index contributed by atoms with van der Waals surface area (Å²) in [5.74, 6) is -1.41. The number of nitrogens with zero attached hydrogens (tertiary/aromatic N) is 1. The van der Waals surface area contributed by atoms with Crippen LogP contribution in [0.1, 0.15) is 55.6 Å². The van der Waals surface area contributed by atoms with Gasteiger partial charge in [-0.2, -0.15) is 13.2 Å². The Hall–Kier alpha value is -1.28. The van der Waals surface area contributed by atoms with Crippen molar-refractivity contribution in [2.24, 2.45) is 11.7 Å². The second-order valence-corrected chi connectivity index (χ2v) is 8.54. The number of ether oxygens (including phenoxy) is 1. The Morgan fingerprint density at radius 2 is 1.86 bits per heavy atom. The van der Waals surface area contributed by atoms with Gasteiger partial charge >= 0.3 is 6.18 Å². The lowest BCUT2D eigenvalue weighted by molar-refractivity contribution is -0.138. The van der Waals surface area contributed by atoms with Crippen LogP contribution in [0.4, 0.5) is 18.9 Å². The van der Waals surface area contributed by atoms with Crippen molar-refractivity contribution in [1.82, 2.24) is 0 Å². The number of anilines is 1. The smallest absolute Gasteiger partial charge is 0.378 e. The second kappa shape index (κ2) is 9.03. The molecule has 1 aromatic carbocycles. The minimum absolute atomic E-state index is 0.0254. The Balaban J connectivity index is 1.99. The fraction of sp³-hybridized carbons (Fsp3) is 0.650. The van der Waals surface area contributed by atoms with Gasteiger partial charge in [0.05, 0.1) is 24.7 Å². The Morgan fingerprint density at radius 3 is 2.43 bits per heavy atom. The number of benzene rings is 1. The van der Waals surface area contributed by atoms with E-state index in [0.29, 0.717) is 42.9 Å². The summed E-state index contributed by atoms with van der Waals surface area (Å²) in [6, 6.07) is 2.83. The molecule has 28 heavy (non-hydrogen) atoms. The number of carbonyl (C=O) groups excluding carboxylic acids is 1. The summed E-state index contributed by atoms with van der Waals surface area (Å²) in [4.78, 5) is 14.1. The molecule has 1 saturated carbocycles. The summed E-state index contributed by atoms with van der Waals surface area (Å²) in [5.41, 5.74) is 5.27. The van der Waals surface area contributed by atoms with Gasteiger partial charge in [-0.25, -0.2) is 0 Å². The molecule has 1 aromatic rings. The Labute approximate surface area is 171 Å². The Kier molecular flexibility index (Phi) is 6.91. The van der Waals surface area contributed by atoms with Gasteiger partial charge in [-0.3, -0.25) is 4.79 Å². The molecule has 8 heteroatoms. The van der Waals surface area contributed by atoms with Crippen LogP contribution >= 0.6 is 15.9 Å². The Morgan fingerprint density at radius 1 is 1.21 bits per heavy atom. The van der Waals surface area contributed by atoms with Crippen LogP contribution in [-0.2, 0) is 15.7 Å². The van der Waals surface area contributed by atoms with Gasteiger partial charge in [-0.05, 0) is 30.0 Å². The normalized spacial score (nSPS) is 20.2. The molecule has 2 aliphatic rings. The molecule has 1 atom stereocenters. The quantitative estimate of drug-likeness (QED) is 0.680. The molecule has 1 aliphatic carbocycles. The van der Waals surface area contributed by atoms with Crippen molar-refractivity contribution < 1.29 is 22.7 Å². The number of nitrogens with two attached hydrogens (primary N) is 1. The van der Waals surface area contributed by atoms with Crippen molar-refractivity contribution in [2.45, 2.75) is 50.6 Å². The molecule has 0 bridgehead atoms. The molecule has 2 fully saturated rings. The fourth-order valence-corrected chi connectivity index (χ4v) is 5.05. The molecule has 2 N–H and O–H groups in total. The van der Waals surface area contributed by atoms with Crippen LogP contribution in [0.5, 0.6) is 0 Å². The number of alkyl halides is 3. The third-order valence-electron chi connectivity index (χ3n) is 5.78. The molecule has 0 radical (unpaired) electrons. The first-order chi connectivity index (χ1) is 13.3. The number of hydrogen-bond acceptors (Lipinski definition) is 3. The van der Waals surface area contributed by atoms with E-state index in [1.165, 1.54) is 0 Å². The average Bonchev–Trinajstić information content (AvgIpc) is 2.66. The molecule has 156 valence electrons. The van der Waals surface area contributed by atoms with Crippen molar-refractivity contribution in [3.05, 3.63) is 27.7 Å². The lowest BCUT2D eigenvalue weighted by Crippen LogP contribution is -2.36. The predicted octanol–water partition coefficient (Wildman–Crippen LogP) is 4.84.